The van der Waals surface area contributed by atoms with Gasteiger partial charge in [0, 0.05) is 44.5 Å². The highest BCUT2D eigenvalue weighted by molar-refractivity contribution is 7.90. The largest absolute Gasteiger partial charge is 0.357 e. The van der Waals surface area contributed by atoms with Crippen molar-refractivity contribution < 1.29 is 8.42 Å². The summed E-state index contributed by atoms with van der Waals surface area (Å²) in [6, 6.07) is 0.975. The van der Waals surface area contributed by atoms with E-state index >= 15 is 0 Å². The van der Waals surface area contributed by atoms with Crippen LogP contribution in [0.4, 0.5) is 0 Å². The SMILES string of the molecule is CCNC(=NCC1CCCCN1CC)NC1CCN(CCS(C)(=O)=O)CC1. The van der Waals surface area contributed by atoms with E-state index in [9.17, 15) is 8.42 Å². The van der Waals surface area contributed by atoms with Crippen LogP contribution in [0.3, 0.4) is 0 Å². The summed E-state index contributed by atoms with van der Waals surface area (Å²) >= 11 is 0. The number of nitrogens with one attached hydrogen (secondary N) is 2. The molecule has 0 aliphatic carbocycles. The van der Waals surface area contributed by atoms with E-state index in [0.717, 1.165) is 51.5 Å². The quantitative estimate of drug-likeness (QED) is 0.465. The molecule has 1 atom stereocenters. The van der Waals surface area contributed by atoms with Crippen molar-refractivity contribution in [1.82, 2.24) is 20.4 Å². The Morgan fingerprint density at radius 2 is 1.85 bits per heavy atom. The summed E-state index contributed by atoms with van der Waals surface area (Å²) in [4.78, 5) is 9.68. The number of likely N-dealkylation sites (N-methyl/N-ethyl adjacent to an activating group) is 1. The molecule has 0 aromatic heterocycles. The first-order chi connectivity index (χ1) is 12.9. The van der Waals surface area contributed by atoms with Gasteiger partial charge in [-0.1, -0.05) is 13.3 Å². The van der Waals surface area contributed by atoms with Crippen LogP contribution in [0.2, 0.25) is 0 Å². The van der Waals surface area contributed by atoms with Crippen molar-refractivity contribution in [2.24, 2.45) is 4.99 Å². The average Bonchev–Trinajstić information content (AvgIpc) is 2.65. The summed E-state index contributed by atoms with van der Waals surface area (Å²) in [7, 11) is -2.88. The maximum Gasteiger partial charge on any atom is 0.191 e. The number of nitrogens with zero attached hydrogens (tertiary/aromatic N) is 3. The maximum absolute atomic E-state index is 11.3. The molecule has 1 unspecified atom stereocenters. The van der Waals surface area contributed by atoms with Crippen LogP contribution in [0.15, 0.2) is 4.99 Å². The first kappa shape index (κ1) is 22.4. The molecule has 158 valence electrons. The van der Waals surface area contributed by atoms with Crippen molar-refractivity contribution in [3.8, 4) is 0 Å². The lowest BCUT2D eigenvalue weighted by atomic mass is 10.0. The van der Waals surface area contributed by atoms with E-state index in [1.54, 1.807) is 0 Å². The van der Waals surface area contributed by atoms with Crippen LogP contribution in [-0.4, -0.2) is 94.1 Å². The second-order valence-electron chi connectivity index (χ2n) is 7.89. The van der Waals surface area contributed by atoms with Gasteiger partial charge < -0.3 is 15.5 Å². The molecular weight excluding hydrogens is 362 g/mol. The molecule has 2 rings (SSSR count). The monoisotopic (exact) mass is 401 g/mol. The molecular formula is C19H39N5O2S. The van der Waals surface area contributed by atoms with Gasteiger partial charge in [0.05, 0.1) is 12.3 Å². The zero-order valence-corrected chi connectivity index (χ0v) is 18.2. The third kappa shape index (κ3) is 8.35. The highest BCUT2D eigenvalue weighted by Gasteiger charge is 2.22. The van der Waals surface area contributed by atoms with Gasteiger partial charge in [0.2, 0.25) is 0 Å². The van der Waals surface area contributed by atoms with Gasteiger partial charge in [0.1, 0.15) is 9.84 Å². The van der Waals surface area contributed by atoms with Gasteiger partial charge in [-0.2, -0.15) is 0 Å². The fourth-order valence-electron chi connectivity index (χ4n) is 3.99. The molecule has 2 fully saturated rings. The number of hydrogen-bond donors (Lipinski definition) is 2. The minimum atomic E-state index is -2.88. The summed E-state index contributed by atoms with van der Waals surface area (Å²) in [5.41, 5.74) is 0. The molecule has 0 amide bonds. The molecule has 7 nitrogen and oxygen atoms in total. The Balaban J connectivity index is 1.80. The van der Waals surface area contributed by atoms with Crippen molar-refractivity contribution in [3.05, 3.63) is 0 Å². The molecule has 2 N–H and O–H groups in total. The number of likely N-dealkylation sites (tertiary alicyclic amines) is 2. The second-order valence-corrected chi connectivity index (χ2v) is 10.1. The van der Waals surface area contributed by atoms with Crippen LogP contribution in [-0.2, 0) is 9.84 Å². The Kier molecular flexibility index (Phi) is 9.32. The molecule has 2 heterocycles. The maximum atomic E-state index is 11.3. The summed E-state index contributed by atoms with van der Waals surface area (Å²) in [6.07, 6.45) is 7.23. The van der Waals surface area contributed by atoms with Crippen LogP contribution in [0.5, 0.6) is 0 Å². The molecule has 0 spiro atoms. The fourth-order valence-corrected chi connectivity index (χ4v) is 4.58. The van der Waals surface area contributed by atoms with Crippen LogP contribution in [0, 0.1) is 0 Å². The third-order valence-electron chi connectivity index (χ3n) is 5.67. The Morgan fingerprint density at radius 3 is 2.48 bits per heavy atom. The van der Waals surface area contributed by atoms with Gasteiger partial charge in [-0.3, -0.25) is 9.89 Å². The average molecular weight is 402 g/mol. The zero-order valence-electron chi connectivity index (χ0n) is 17.4. The molecule has 2 saturated heterocycles. The summed E-state index contributed by atoms with van der Waals surface area (Å²) in [5.74, 6) is 1.18. The summed E-state index contributed by atoms with van der Waals surface area (Å²) in [6.45, 7) is 10.9. The van der Waals surface area contributed by atoms with Gasteiger partial charge in [-0.05, 0) is 45.7 Å². The molecule has 0 saturated carbocycles. The van der Waals surface area contributed by atoms with Gasteiger partial charge in [-0.25, -0.2) is 8.42 Å². The highest BCUT2D eigenvalue weighted by Crippen LogP contribution is 2.17. The number of sulfone groups is 1. The van der Waals surface area contributed by atoms with E-state index in [4.69, 9.17) is 4.99 Å². The lowest BCUT2D eigenvalue weighted by Gasteiger charge is -2.34. The normalized spacial score (nSPS) is 24.1. The van der Waals surface area contributed by atoms with Crippen molar-refractivity contribution in [2.45, 2.75) is 58.0 Å². The van der Waals surface area contributed by atoms with Crippen LogP contribution in [0.1, 0.15) is 46.0 Å². The van der Waals surface area contributed by atoms with E-state index in [1.807, 2.05) is 0 Å². The van der Waals surface area contributed by atoms with E-state index < -0.39 is 9.84 Å². The number of rotatable bonds is 8. The van der Waals surface area contributed by atoms with Gasteiger partial charge >= 0.3 is 0 Å². The molecule has 0 aromatic rings. The lowest BCUT2D eigenvalue weighted by molar-refractivity contribution is 0.161. The Hall–Kier alpha value is -0.860. The molecule has 27 heavy (non-hydrogen) atoms. The molecule has 8 heteroatoms. The molecule has 0 radical (unpaired) electrons. The van der Waals surface area contributed by atoms with Gasteiger partial charge in [-0.15, -0.1) is 0 Å². The minimum absolute atomic E-state index is 0.254. The predicted octanol–water partition coefficient (Wildman–Crippen LogP) is 0.925. The van der Waals surface area contributed by atoms with E-state index in [0.29, 0.717) is 18.6 Å². The van der Waals surface area contributed by atoms with Crippen molar-refractivity contribution in [3.63, 3.8) is 0 Å². The van der Waals surface area contributed by atoms with Gasteiger partial charge in [0.15, 0.2) is 5.96 Å². The van der Waals surface area contributed by atoms with E-state index in [1.165, 1.54) is 32.1 Å². The fraction of sp³-hybridized carbons (Fsp3) is 0.947. The highest BCUT2D eigenvalue weighted by atomic mass is 32.2. The van der Waals surface area contributed by atoms with Crippen molar-refractivity contribution in [2.75, 3.05) is 57.8 Å². The van der Waals surface area contributed by atoms with Crippen LogP contribution in [0.25, 0.3) is 0 Å². The van der Waals surface area contributed by atoms with E-state index in [-0.39, 0.29) is 5.75 Å². The number of piperidine rings is 2. The summed E-state index contributed by atoms with van der Waals surface area (Å²) < 4.78 is 22.7. The van der Waals surface area contributed by atoms with Crippen molar-refractivity contribution >= 4 is 15.8 Å². The molecule has 0 aromatic carbocycles. The third-order valence-corrected chi connectivity index (χ3v) is 6.59. The van der Waals surface area contributed by atoms with E-state index in [2.05, 4.69) is 34.3 Å². The van der Waals surface area contributed by atoms with Crippen LogP contribution < -0.4 is 10.6 Å². The van der Waals surface area contributed by atoms with Crippen molar-refractivity contribution in [1.29, 1.82) is 0 Å². The minimum Gasteiger partial charge on any atom is -0.357 e. The van der Waals surface area contributed by atoms with Crippen LogP contribution >= 0.6 is 0 Å². The zero-order chi connectivity index (χ0) is 19.7. The van der Waals surface area contributed by atoms with Gasteiger partial charge in [0.25, 0.3) is 0 Å². The Morgan fingerprint density at radius 1 is 1.11 bits per heavy atom. The number of aliphatic imine (C=N–C) groups is 1. The summed E-state index contributed by atoms with van der Waals surface area (Å²) in [5, 5.41) is 6.98. The smallest absolute Gasteiger partial charge is 0.191 e. The molecule has 2 aliphatic heterocycles. The molecule has 0 bridgehead atoms. The number of hydrogen-bond acceptors (Lipinski definition) is 5. The Labute approximate surface area is 165 Å². The lowest BCUT2D eigenvalue weighted by Crippen LogP contribution is -2.49. The topological polar surface area (TPSA) is 77.0 Å². The first-order valence-corrected chi connectivity index (χ1v) is 12.7. The predicted molar refractivity (Wildman–Crippen MR) is 113 cm³/mol. The second kappa shape index (κ2) is 11.2. The number of guanidine groups is 1. The first-order valence-electron chi connectivity index (χ1n) is 10.6. The standard InChI is InChI=1S/C19H39N5O2S/c1-4-20-19(21-16-18-8-6-7-11-24(18)5-2)22-17-9-12-23(13-10-17)14-15-27(3,25)26/h17-18H,4-16H2,1-3H3,(H2,20,21,22). The Bertz CT molecular complexity index is 558. The molecule has 2 aliphatic rings.